The van der Waals surface area contributed by atoms with Gasteiger partial charge in [0.05, 0.1) is 6.54 Å². The van der Waals surface area contributed by atoms with Gasteiger partial charge in [0.1, 0.15) is 0 Å². The van der Waals surface area contributed by atoms with Crippen molar-refractivity contribution in [1.82, 2.24) is 10.2 Å². The molecule has 36 heavy (non-hydrogen) atoms. The van der Waals surface area contributed by atoms with Gasteiger partial charge in [-0.3, -0.25) is 4.79 Å². The van der Waals surface area contributed by atoms with Crippen LogP contribution in [0.3, 0.4) is 0 Å². The molecule has 4 heteroatoms. The van der Waals surface area contributed by atoms with Gasteiger partial charge in [-0.2, -0.15) is 0 Å². The largest absolute Gasteiger partial charge is 0.340 e. The van der Waals surface area contributed by atoms with Gasteiger partial charge in [-0.05, 0) is 71.0 Å². The maximum absolute atomic E-state index is 12.0. The Balaban J connectivity index is 1.67. The van der Waals surface area contributed by atoms with E-state index >= 15 is 0 Å². The molecule has 1 aliphatic rings. The summed E-state index contributed by atoms with van der Waals surface area (Å²) in [6.07, 6.45) is 3.33. The lowest BCUT2D eigenvalue weighted by molar-refractivity contribution is -0.119. The summed E-state index contributed by atoms with van der Waals surface area (Å²) in [6, 6.07) is 20.4. The monoisotopic (exact) mass is 502 g/mol. The Bertz CT molecular complexity index is 1070. The van der Waals surface area contributed by atoms with Gasteiger partial charge in [0.2, 0.25) is 6.41 Å². The lowest BCUT2D eigenvalue weighted by Crippen LogP contribution is -2.35. The Labute approximate surface area is 221 Å². The first kappa shape index (κ1) is 26.6. The first-order chi connectivity index (χ1) is 17.0. The predicted molar refractivity (Wildman–Crippen MR) is 155 cm³/mol. The first-order valence-electron chi connectivity index (χ1n) is 13.3. The van der Waals surface area contributed by atoms with Gasteiger partial charge in [-0.15, -0.1) is 11.3 Å². The Morgan fingerprint density at radius 2 is 1.39 bits per heavy atom. The smallest absolute Gasteiger partial charge is 0.210 e. The summed E-state index contributed by atoms with van der Waals surface area (Å²) in [5.41, 5.74) is 6.67. The summed E-state index contributed by atoms with van der Waals surface area (Å²) in [6.45, 7) is 17.1. The second kappa shape index (κ2) is 10.9. The number of piperidine rings is 1. The first-order valence-corrected chi connectivity index (χ1v) is 14.1. The summed E-state index contributed by atoms with van der Waals surface area (Å²) in [4.78, 5) is 16.5. The summed E-state index contributed by atoms with van der Waals surface area (Å²) >= 11 is 1.82. The molecule has 192 valence electrons. The molecule has 0 unspecified atom stereocenters. The summed E-state index contributed by atoms with van der Waals surface area (Å²) in [7, 11) is 0. The zero-order chi connectivity index (χ0) is 25.9. The molecule has 2 heterocycles. The van der Waals surface area contributed by atoms with Gasteiger partial charge in [-0.1, -0.05) is 90.1 Å². The van der Waals surface area contributed by atoms with E-state index in [9.17, 15) is 4.79 Å². The lowest BCUT2D eigenvalue weighted by atomic mass is 9.85. The Hall–Kier alpha value is -2.43. The second-order valence-electron chi connectivity index (χ2n) is 12.3. The maximum atomic E-state index is 12.0. The molecule has 0 aliphatic carbocycles. The molecule has 1 saturated heterocycles. The average Bonchev–Trinajstić information content (AvgIpc) is 3.27. The molecule has 2 aromatic carbocycles. The number of nitrogens with zero attached hydrogens (tertiary/aromatic N) is 1. The highest BCUT2D eigenvalue weighted by molar-refractivity contribution is 7.16. The lowest BCUT2D eigenvalue weighted by Gasteiger charge is -2.27. The highest BCUT2D eigenvalue weighted by atomic mass is 32.1. The van der Waals surface area contributed by atoms with Crippen molar-refractivity contribution >= 4 is 17.7 Å². The minimum absolute atomic E-state index is 0.128. The van der Waals surface area contributed by atoms with Gasteiger partial charge in [0.15, 0.2) is 0 Å². The molecule has 0 saturated carbocycles. The van der Waals surface area contributed by atoms with Crippen LogP contribution in [0.1, 0.15) is 70.4 Å². The number of hydrogen-bond acceptors (Lipinski definition) is 3. The highest BCUT2D eigenvalue weighted by Crippen LogP contribution is 2.41. The van der Waals surface area contributed by atoms with Gasteiger partial charge in [0.25, 0.3) is 0 Å². The highest BCUT2D eigenvalue weighted by Gasteiger charge is 2.20. The predicted octanol–water partition coefficient (Wildman–Crippen LogP) is 7.64. The minimum Gasteiger partial charge on any atom is -0.340 e. The van der Waals surface area contributed by atoms with Crippen LogP contribution in [0.15, 0.2) is 54.6 Å². The molecule has 4 rings (SSSR count). The minimum atomic E-state index is 0.128. The molecule has 1 N–H and O–H groups in total. The van der Waals surface area contributed by atoms with Crippen LogP contribution < -0.4 is 5.32 Å². The van der Waals surface area contributed by atoms with E-state index in [-0.39, 0.29) is 10.8 Å². The van der Waals surface area contributed by atoms with E-state index in [1.807, 2.05) is 16.2 Å². The molecule has 3 nitrogen and oxygen atoms in total. The van der Waals surface area contributed by atoms with Crippen LogP contribution in [0.4, 0.5) is 0 Å². The normalized spacial score (nSPS) is 15.2. The molecule has 0 radical (unpaired) electrons. The maximum Gasteiger partial charge on any atom is 0.210 e. The van der Waals surface area contributed by atoms with E-state index in [1.165, 1.54) is 37.6 Å². The van der Waals surface area contributed by atoms with Crippen molar-refractivity contribution in [1.29, 1.82) is 0 Å². The topological polar surface area (TPSA) is 32.3 Å². The van der Waals surface area contributed by atoms with Gasteiger partial charge in [0, 0.05) is 21.9 Å². The molecule has 0 atom stereocenters. The fourth-order valence-electron chi connectivity index (χ4n) is 4.96. The molecule has 3 aromatic rings. The van der Waals surface area contributed by atoms with Crippen molar-refractivity contribution < 1.29 is 4.79 Å². The van der Waals surface area contributed by atoms with E-state index < -0.39 is 0 Å². The average molecular weight is 503 g/mol. The number of carbonyl (C=O) groups is 1. The molecule has 0 spiro atoms. The van der Waals surface area contributed by atoms with E-state index in [1.54, 1.807) is 0 Å². The van der Waals surface area contributed by atoms with E-state index in [0.29, 0.717) is 12.5 Å². The fourth-order valence-corrected chi connectivity index (χ4v) is 6.17. The molecule has 1 aromatic heterocycles. The number of benzene rings is 2. The third-order valence-electron chi connectivity index (χ3n) is 7.32. The third-order valence-corrected chi connectivity index (χ3v) is 8.49. The van der Waals surface area contributed by atoms with E-state index in [2.05, 4.69) is 101 Å². The van der Waals surface area contributed by atoms with Crippen molar-refractivity contribution in [2.45, 2.75) is 71.8 Å². The second-order valence-corrected chi connectivity index (χ2v) is 13.5. The number of nitrogens with one attached hydrogen (secondary N) is 1. The third kappa shape index (κ3) is 6.46. The molecule has 1 aliphatic heterocycles. The van der Waals surface area contributed by atoms with Crippen molar-refractivity contribution in [3.63, 3.8) is 0 Å². The van der Waals surface area contributed by atoms with E-state index in [0.717, 1.165) is 38.9 Å². The van der Waals surface area contributed by atoms with Crippen LogP contribution in [0.2, 0.25) is 0 Å². The van der Waals surface area contributed by atoms with Crippen molar-refractivity contribution in [3.05, 3.63) is 70.6 Å². The number of rotatable bonds is 7. The van der Waals surface area contributed by atoms with E-state index in [4.69, 9.17) is 0 Å². The van der Waals surface area contributed by atoms with Crippen LogP contribution in [0, 0.1) is 5.92 Å². The van der Waals surface area contributed by atoms with Crippen LogP contribution in [-0.4, -0.2) is 30.9 Å². The SMILES string of the molecule is CC(C)(C)c1ccc(-c2cc(CN(C=O)CC3CCNCC3)sc2-c2ccc(C(C)(C)C)cc2)cc1. The molecular formula is C32H42N2OS. The number of hydrogen-bond donors (Lipinski definition) is 1. The number of carbonyl (C=O) groups excluding carboxylic acids is 1. The van der Waals surface area contributed by atoms with Crippen LogP contribution in [0.5, 0.6) is 0 Å². The standard InChI is InChI=1S/C32H42N2OS/c1-31(2,3)26-11-7-24(8-12-26)29-19-28(21-34(22-35)20-23-15-17-33-18-16-23)36-30(29)25-9-13-27(14-10-25)32(4,5)6/h7-14,19,22-23,33H,15-18,20-21H2,1-6H3. The summed E-state index contributed by atoms with van der Waals surface area (Å²) in [5, 5.41) is 3.42. The molecule has 0 bridgehead atoms. The van der Waals surface area contributed by atoms with Crippen LogP contribution >= 0.6 is 11.3 Å². The van der Waals surface area contributed by atoms with Crippen molar-refractivity contribution in [3.8, 4) is 21.6 Å². The Morgan fingerprint density at radius 3 is 1.89 bits per heavy atom. The van der Waals surface area contributed by atoms with Crippen LogP contribution in [0.25, 0.3) is 21.6 Å². The zero-order valence-electron chi connectivity index (χ0n) is 22.9. The van der Waals surface area contributed by atoms with Gasteiger partial charge >= 0.3 is 0 Å². The summed E-state index contributed by atoms with van der Waals surface area (Å²) in [5.74, 6) is 0.588. The quantitative estimate of drug-likeness (QED) is 0.337. The van der Waals surface area contributed by atoms with Crippen LogP contribution in [-0.2, 0) is 22.2 Å². The number of thiophene rings is 1. The van der Waals surface area contributed by atoms with Crippen molar-refractivity contribution in [2.24, 2.45) is 5.92 Å². The molecule has 1 fully saturated rings. The molecule has 1 amide bonds. The molecular weight excluding hydrogens is 460 g/mol. The van der Waals surface area contributed by atoms with Crippen molar-refractivity contribution in [2.75, 3.05) is 19.6 Å². The van der Waals surface area contributed by atoms with Gasteiger partial charge in [-0.25, -0.2) is 0 Å². The fraction of sp³-hybridized carbons (Fsp3) is 0.469. The Kier molecular flexibility index (Phi) is 8.06. The number of amides is 1. The Morgan fingerprint density at radius 1 is 0.861 bits per heavy atom. The summed E-state index contributed by atoms with van der Waals surface area (Å²) < 4.78 is 0. The zero-order valence-corrected chi connectivity index (χ0v) is 23.7. The van der Waals surface area contributed by atoms with Gasteiger partial charge < -0.3 is 10.2 Å².